The van der Waals surface area contributed by atoms with Gasteiger partial charge < -0.3 is 34.2 Å². The van der Waals surface area contributed by atoms with E-state index in [-0.39, 0.29) is 89.7 Å². The highest BCUT2D eigenvalue weighted by Gasteiger charge is 2.23. The molecule has 13 nitrogen and oxygen atoms in total. The van der Waals surface area contributed by atoms with Crippen molar-refractivity contribution < 1.29 is 55.4 Å². The van der Waals surface area contributed by atoms with Gasteiger partial charge in [0.15, 0.2) is 11.5 Å². The summed E-state index contributed by atoms with van der Waals surface area (Å²) in [6.45, 7) is 3.71. The summed E-state index contributed by atoms with van der Waals surface area (Å²) in [5.41, 5.74) is 5.47. The number of carbonyl (C=O) groups excluding carboxylic acids is 3. The van der Waals surface area contributed by atoms with Gasteiger partial charge in [-0.15, -0.1) is 0 Å². The van der Waals surface area contributed by atoms with Crippen LogP contribution < -0.4 is 24.7 Å². The van der Waals surface area contributed by atoms with Crippen LogP contribution in [0.4, 0.5) is 0 Å². The zero-order chi connectivity index (χ0) is 33.0. The summed E-state index contributed by atoms with van der Waals surface area (Å²) in [5.74, 6) is -1.36. The maximum Gasteiger partial charge on any atom is 0.338 e. The van der Waals surface area contributed by atoms with Crippen molar-refractivity contribution in [3.63, 3.8) is 0 Å². The predicted molar refractivity (Wildman–Crippen MR) is 161 cm³/mol. The number of rotatable bonds is 18. The van der Waals surface area contributed by atoms with Gasteiger partial charge in [-0.05, 0) is 43.0 Å². The van der Waals surface area contributed by atoms with Gasteiger partial charge in [0.1, 0.15) is 11.9 Å². The molecule has 0 spiro atoms. The van der Waals surface area contributed by atoms with Gasteiger partial charge >= 0.3 is 11.9 Å². The lowest BCUT2D eigenvalue weighted by Gasteiger charge is -2.19. The van der Waals surface area contributed by atoms with Crippen LogP contribution in [0, 0.1) is 5.92 Å². The van der Waals surface area contributed by atoms with Gasteiger partial charge in [0.2, 0.25) is 11.7 Å². The van der Waals surface area contributed by atoms with Gasteiger partial charge in [-0.25, -0.2) is 9.59 Å². The summed E-state index contributed by atoms with van der Waals surface area (Å²) in [4.78, 5) is 37.5. The minimum atomic E-state index is -3.73. The molecule has 1 unspecified atom stereocenters. The molecule has 0 radical (unpaired) electrons. The molecule has 0 aliphatic rings. The second-order valence-corrected chi connectivity index (χ2v) is 12.0. The number of benzene rings is 2. The second kappa shape index (κ2) is 16.9. The molecule has 44 heavy (non-hydrogen) atoms. The fourth-order valence-electron chi connectivity index (χ4n) is 3.83. The van der Waals surface area contributed by atoms with E-state index in [1.54, 1.807) is 0 Å². The minimum Gasteiger partial charge on any atom is -0.493 e. The lowest BCUT2D eigenvalue weighted by Crippen LogP contribution is -2.22. The molecular weight excluding hydrogens is 622 g/mol. The lowest BCUT2D eigenvalue weighted by molar-refractivity contribution is 0.0217. The van der Waals surface area contributed by atoms with E-state index in [0.717, 1.165) is 6.26 Å². The minimum absolute atomic E-state index is 0.0214. The average Bonchev–Trinajstić information content (AvgIpc) is 2.96. The van der Waals surface area contributed by atoms with Gasteiger partial charge in [0.25, 0.3) is 10.1 Å². The number of ether oxygens (including phenoxy) is 6. The van der Waals surface area contributed by atoms with Crippen LogP contribution in [0.15, 0.2) is 24.3 Å². The molecule has 15 heteroatoms. The molecule has 1 atom stereocenters. The Morgan fingerprint density at radius 2 is 1.45 bits per heavy atom. The van der Waals surface area contributed by atoms with Crippen molar-refractivity contribution in [3.05, 3.63) is 46.0 Å². The van der Waals surface area contributed by atoms with E-state index in [1.165, 1.54) is 45.6 Å². The normalized spacial score (nSPS) is 11.9. The number of hydrogen-bond donors (Lipinski definition) is 1. The number of methoxy groups -OCH3 is 3. The average molecular weight is 660 g/mol. The Morgan fingerprint density at radius 1 is 0.864 bits per heavy atom. The first kappa shape index (κ1) is 36.4. The molecule has 2 aromatic rings. The monoisotopic (exact) mass is 659 g/mol. The van der Waals surface area contributed by atoms with E-state index in [2.05, 4.69) is 0 Å². The van der Waals surface area contributed by atoms with Gasteiger partial charge in [0.05, 0.1) is 69.1 Å². The number of esters is 2. The van der Waals surface area contributed by atoms with Crippen LogP contribution in [0.25, 0.3) is 0 Å². The van der Waals surface area contributed by atoms with Crippen molar-refractivity contribution in [1.29, 1.82) is 0 Å². The van der Waals surface area contributed by atoms with E-state index >= 15 is 0 Å². The van der Waals surface area contributed by atoms with E-state index in [4.69, 9.17) is 49.9 Å². The molecule has 0 aliphatic carbocycles. The standard InChI is InChI=1S/C29H38ClNO12S/c1-17(2)16-41-28(33)18-12-21(27(31)32)25(30)22(13-18)40-10-7-8-20(9-11-42-44(6,35)36)43-29(34)19-14-23(37-3)26(39-5)24(15-19)38-4/h12-15,17,20H,7-11,16H2,1-6H3,(H2,31,32). The topological polar surface area (TPSA) is 176 Å². The van der Waals surface area contributed by atoms with Crippen LogP contribution in [0.1, 0.15) is 64.2 Å². The molecule has 0 bridgehead atoms. The number of carbonyl (C=O) groups is 3. The van der Waals surface area contributed by atoms with Crippen LogP contribution in [-0.4, -0.2) is 79.8 Å². The van der Waals surface area contributed by atoms with Crippen molar-refractivity contribution in [1.82, 2.24) is 0 Å². The van der Waals surface area contributed by atoms with E-state index in [0.29, 0.717) is 0 Å². The van der Waals surface area contributed by atoms with Crippen molar-refractivity contribution in [2.45, 2.75) is 39.2 Å². The van der Waals surface area contributed by atoms with Crippen molar-refractivity contribution in [3.8, 4) is 23.0 Å². The first-order chi connectivity index (χ1) is 20.7. The van der Waals surface area contributed by atoms with Crippen molar-refractivity contribution in [2.24, 2.45) is 11.7 Å². The maximum atomic E-state index is 13.1. The third-order valence-electron chi connectivity index (χ3n) is 5.93. The molecule has 244 valence electrons. The zero-order valence-electron chi connectivity index (χ0n) is 25.5. The summed E-state index contributed by atoms with van der Waals surface area (Å²) in [7, 11) is 0.507. The Hall–Kier alpha value is -3.75. The fourth-order valence-corrected chi connectivity index (χ4v) is 4.49. The van der Waals surface area contributed by atoms with Gasteiger partial charge in [-0.2, -0.15) is 8.42 Å². The van der Waals surface area contributed by atoms with Gasteiger partial charge in [-0.1, -0.05) is 25.4 Å². The van der Waals surface area contributed by atoms with E-state index < -0.39 is 34.1 Å². The molecule has 1 amide bonds. The summed E-state index contributed by atoms with van der Waals surface area (Å²) < 4.78 is 60.3. The Kier molecular flexibility index (Phi) is 14.0. The molecule has 2 rings (SSSR count). The Labute approximate surface area is 261 Å². The summed E-state index contributed by atoms with van der Waals surface area (Å²) in [5, 5.41) is -0.0789. The molecule has 0 aromatic heterocycles. The number of primary amides is 1. The molecule has 0 saturated carbocycles. The van der Waals surface area contributed by atoms with E-state index in [9.17, 15) is 22.8 Å². The van der Waals surface area contributed by atoms with Crippen LogP contribution in [0.3, 0.4) is 0 Å². The SMILES string of the molecule is COc1cc(C(=O)OC(CCCOc2cc(C(=O)OCC(C)C)cc(C(N)=O)c2Cl)CCOS(C)(=O)=O)cc(OC)c1OC. The third-order valence-corrected chi connectivity index (χ3v) is 6.91. The maximum absolute atomic E-state index is 13.1. The smallest absolute Gasteiger partial charge is 0.338 e. The summed E-state index contributed by atoms with van der Waals surface area (Å²) in [6.07, 6.45) is 0.679. The Morgan fingerprint density at radius 3 is 1.98 bits per heavy atom. The molecule has 0 heterocycles. The quantitative estimate of drug-likeness (QED) is 0.138. The highest BCUT2D eigenvalue weighted by molar-refractivity contribution is 7.85. The second-order valence-electron chi connectivity index (χ2n) is 9.94. The summed E-state index contributed by atoms with van der Waals surface area (Å²) in [6, 6.07) is 5.43. The molecule has 0 saturated heterocycles. The number of amides is 1. The first-order valence-electron chi connectivity index (χ1n) is 13.5. The largest absolute Gasteiger partial charge is 0.493 e. The van der Waals surface area contributed by atoms with Crippen molar-refractivity contribution in [2.75, 3.05) is 47.4 Å². The van der Waals surface area contributed by atoms with Gasteiger partial charge in [-0.3, -0.25) is 8.98 Å². The zero-order valence-corrected chi connectivity index (χ0v) is 27.0. The molecule has 2 N–H and O–H groups in total. The van der Waals surface area contributed by atoms with Crippen LogP contribution in [0.2, 0.25) is 5.02 Å². The van der Waals surface area contributed by atoms with Crippen LogP contribution in [-0.2, 0) is 23.8 Å². The Balaban J connectivity index is 2.19. The number of halogens is 1. The van der Waals surface area contributed by atoms with Crippen LogP contribution in [0.5, 0.6) is 23.0 Å². The molecule has 0 aliphatic heterocycles. The Bertz CT molecular complexity index is 1400. The number of hydrogen-bond acceptors (Lipinski definition) is 12. The number of nitrogens with two attached hydrogens (primary N) is 1. The summed E-state index contributed by atoms with van der Waals surface area (Å²) >= 11 is 6.32. The molecular formula is C29H38ClNO12S. The first-order valence-corrected chi connectivity index (χ1v) is 15.7. The van der Waals surface area contributed by atoms with Gasteiger partial charge in [0, 0.05) is 6.42 Å². The highest BCUT2D eigenvalue weighted by atomic mass is 35.5. The predicted octanol–water partition coefficient (Wildman–Crippen LogP) is 4.03. The highest BCUT2D eigenvalue weighted by Crippen LogP contribution is 2.38. The lowest BCUT2D eigenvalue weighted by atomic mass is 10.1. The van der Waals surface area contributed by atoms with E-state index in [1.807, 2.05) is 13.8 Å². The fraction of sp³-hybridized carbons (Fsp3) is 0.483. The third kappa shape index (κ3) is 11.1. The van der Waals surface area contributed by atoms with Crippen molar-refractivity contribution >= 4 is 39.6 Å². The molecule has 0 fully saturated rings. The molecule has 2 aromatic carbocycles. The van der Waals surface area contributed by atoms with Crippen LogP contribution >= 0.6 is 11.6 Å².